The third kappa shape index (κ3) is 13.0. The molecule has 18 nitrogen and oxygen atoms in total. The molecule has 2 atom stereocenters. The summed E-state index contributed by atoms with van der Waals surface area (Å²) in [5.74, 6) is -5.34. The van der Waals surface area contributed by atoms with Crippen molar-refractivity contribution in [2.75, 3.05) is 13.1 Å². The molecular weight excluding hydrogens is 632 g/mol. The third-order valence-electron chi connectivity index (χ3n) is 6.78. The number of carbonyl (C=O) groups is 8. The lowest BCUT2D eigenvalue weighted by Gasteiger charge is -2.18. The smallest absolute Gasteiger partial charge is 0.315 e. The predicted octanol–water partition coefficient (Wildman–Crippen LogP) is -1.85. The fraction of sp³-hybridized carbons (Fsp3) is 0.333. The molecule has 0 aromatic heterocycles. The summed E-state index contributed by atoms with van der Waals surface area (Å²) in [6.07, 6.45) is -1.44. The van der Waals surface area contributed by atoms with Gasteiger partial charge in [-0.05, 0) is 22.3 Å². The standard InChI is InChI=1S/C30H36N8O10/c39-23-15-35-29(47)37-21(9-25(41)42)27(45)33-13-19-5-7-20(8-6-19)14-34-28(46)22(10-26(43)44)38-30(48)36-16-24(40)32-12-18-2-1-17(3-4-18)11-31-23/h1-8,21-22H,9-16H2,(H,31,39)(H,32,40)(H,33,45)(H,34,46)(H,41,42)(H,43,44)(H2,35,37,47)(H2,36,38,48)/t21-,22-/m0/s1. The number of carbonyl (C=O) groups excluding carboxylic acids is 6. The molecule has 2 aromatic rings. The lowest BCUT2D eigenvalue weighted by molar-refractivity contribution is -0.140. The molecule has 8 amide bonds. The summed E-state index contributed by atoms with van der Waals surface area (Å²) >= 11 is 0. The highest BCUT2D eigenvalue weighted by Gasteiger charge is 2.25. The molecule has 0 fully saturated rings. The Morgan fingerprint density at radius 1 is 0.479 bits per heavy atom. The van der Waals surface area contributed by atoms with Gasteiger partial charge in [0.1, 0.15) is 12.1 Å². The van der Waals surface area contributed by atoms with E-state index in [0.717, 1.165) is 0 Å². The molecular formula is C30H36N8O10. The van der Waals surface area contributed by atoms with Crippen LogP contribution in [0.15, 0.2) is 48.5 Å². The topological polar surface area (TPSA) is 273 Å². The Morgan fingerprint density at radius 2 is 0.771 bits per heavy atom. The number of hydrogen-bond donors (Lipinski definition) is 10. The number of aliphatic carboxylic acids is 2. The summed E-state index contributed by atoms with van der Waals surface area (Å²) in [4.78, 5) is 97.3. The van der Waals surface area contributed by atoms with Crippen molar-refractivity contribution in [2.24, 2.45) is 0 Å². The van der Waals surface area contributed by atoms with Crippen LogP contribution in [0.2, 0.25) is 0 Å². The van der Waals surface area contributed by atoms with Gasteiger partial charge in [0.15, 0.2) is 0 Å². The maximum Gasteiger partial charge on any atom is 0.315 e. The van der Waals surface area contributed by atoms with Gasteiger partial charge in [-0.1, -0.05) is 48.5 Å². The van der Waals surface area contributed by atoms with Crippen LogP contribution in [0.25, 0.3) is 0 Å². The molecule has 256 valence electrons. The Kier molecular flexibility index (Phi) is 13.7. The first kappa shape index (κ1) is 36.3. The van der Waals surface area contributed by atoms with Crippen molar-refractivity contribution in [3.05, 3.63) is 70.8 Å². The minimum atomic E-state index is -1.45. The molecule has 6 rings (SSSR count). The lowest BCUT2D eigenvalue weighted by atomic mass is 10.1. The molecule has 0 aliphatic carbocycles. The Labute approximate surface area is 273 Å². The van der Waals surface area contributed by atoms with Crippen molar-refractivity contribution in [3.8, 4) is 0 Å². The van der Waals surface area contributed by atoms with E-state index in [9.17, 15) is 48.6 Å². The van der Waals surface area contributed by atoms with Crippen molar-refractivity contribution in [2.45, 2.75) is 51.1 Å². The van der Waals surface area contributed by atoms with E-state index in [1.54, 1.807) is 48.5 Å². The number of benzene rings is 2. The maximum atomic E-state index is 12.7. The van der Waals surface area contributed by atoms with Crippen LogP contribution in [0.4, 0.5) is 9.59 Å². The molecule has 48 heavy (non-hydrogen) atoms. The van der Waals surface area contributed by atoms with E-state index in [-0.39, 0.29) is 26.2 Å². The molecule has 4 bridgehead atoms. The zero-order chi connectivity index (χ0) is 35.1. The van der Waals surface area contributed by atoms with Crippen LogP contribution >= 0.6 is 0 Å². The largest absolute Gasteiger partial charge is 0.481 e. The summed E-state index contributed by atoms with van der Waals surface area (Å²) < 4.78 is 0. The van der Waals surface area contributed by atoms with Crippen LogP contribution < -0.4 is 42.5 Å². The van der Waals surface area contributed by atoms with E-state index >= 15 is 0 Å². The minimum absolute atomic E-state index is 0.0357. The van der Waals surface area contributed by atoms with Crippen molar-refractivity contribution in [1.82, 2.24) is 42.5 Å². The highest BCUT2D eigenvalue weighted by atomic mass is 16.4. The monoisotopic (exact) mass is 668 g/mol. The third-order valence-corrected chi connectivity index (χ3v) is 6.78. The van der Waals surface area contributed by atoms with Crippen LogP contribution in [-0.4, -0.2) is 83.0 Å². The van der Waals surface area contributed by atoms with Gasteiger partial charge in [-0.15, -0.1) is 0 Å². The predicted molar refractivity (Wildman–Crippen MR) is 165 cm³/mol. The first-order valence-corrected chi connectivity index (χ1v) is 14.6. The van der Waals surface area contributed by atoms with Gasteiger partial charge < -0.3 is 52.7 Å². The summed E-state index contributed by atoms with van der Waals surface area (Å²) in [5, 5.41) is 37.8. The number of carboxylic acids is 2. The van der Waals surface area contributed by atoms with Gasteiger partial charge in [0, 0.05) is 26.2 Å². The van der Waals surface area contributed by atoms with E-state index in [1.165, 1.54) is 0 Å². The van der Waals surface area contributed by atoms with Crippen LogP contribution in [0.5, 0.6) is 0 Å². The van der Waals surface area contributed by atoms with Crippen molar-refractivity contribution >= 4 is 47.6 Å². The Bertz CT molecular complexity index is 1400. The zero-order valence-corrected chi connectivity index (χ0v) is 25.6. The number of nitrogens with one attached hydrogen (secondary N) is 8. The molecule has 0 radical (unpaired) electrons. The number of rotatable bonds is 4. The molecule has 2 aromatic carbocycles. The fourth-order valence-electron chi connectivity index (χ4n) is 4.21. The van der Waals surface area contributed by atoms with Crippen LogP contribution in [0.3, 0.4) is 0 Å². The molecule has 0 saturated carbocycles. The minimum Gasteiger partial charge on any atom is -0.481 e. The SMILES string of the molecule is O=C(O)C[C@@H]1NC(=O)NCC(=O)NCc2ccc(cc2)CNC(=O)CNC(=O)N[C@@H](CC(=O)O)C(=O)NCc2ccc(cc2)CNC1=O. The molecule has 0 saturated heterocycles. The highest BCUT2D eigenvalue weighted by molar-refractivity contribution is 5.92. The van der Waals surface area contributed by atoms with Gasteiger partial charge in [-0.2, -0.15) is 0 Å². The van der Waals surface area contributed by atoms with E-state index in [1.807, 2.05) is 0 Å². The lowest BCUT2D eigenvalue weighted by Crippen LogP contribution is -2.52. The second-order valence-electron chi connectivity index (χ2n) is 10.6. The summed E-state index contributed by atoms with van der Waals surface area (Å²) in [6.45, 7) is -0.746. The molecule has 0 unspecified atom stereocenters. The Morgan fingerprint density at radius 3 is 1.06 bits per heavy atom. The normalized spacial score (nSPS) is 19.2. The van der Waals surface area contributed by atoms with E-state index < -0.39 is 85.6 Å². The van der Waals surface area contributed by atoms with Gasteiger partial charge in [0.2, 0.25) is 23.6 Å². The van der Waals surface area contributed by atoms with Crippen LogP contribution in [-0.2, 0) is 54.9 Å². The number of carboxylic acid groups (broad SMARTS) is 2. The average molecular weight is 669 g/mol. The van der Waals surface area contributed by atoms with Crippen molar-refractivity contribution < 1.29 is 48.6 Å². The maximum absolute atomic E-state index is 12.7. The quantitative estimate of drug-likeness (QED) is 0.174. The molecule has 18 heteroatoms. The first-order chi connectivity index (χ1) is 22.9. The fourth-order valence-corrected chi connectivity index (χ4v) is 4.21. The second kappa shape index (κ2) is 18.1. The van der Waals surface area contributed by atoms with Crippen molar-refractivity contribution in [1.29, 1.82) is 0 Å². The second-order valence-corrected chi connectivity index (χ2v) is 10.6. The zero-order valence-electron chi connectivity index (χ0n) is 25.6. The van der Waals surface area contributed by atoms with Crippen LogP contribution in [0.1, 0.15) is 35.1 Å². The van der Waals surface area contributed by atoms with E-state index in [4.69, 9.17) is 0 Å². The van der Waals surface area contributed by atoms with Gasteiger partial charge in [0.05, 0.1) is 25.9 Å². The van der Waals surface area contributed by atoms with Crippen molar-refractivity contribution in [3.63, 3.8) is 0 Å². The molecule has 10 N–H and O–H groups in total. The molecule has 4 aliphatic heterocycles. The van der Waals surface area contributed by atoms with Gasteiger partial charge in [-0.25, -0.2) is 9.59 Å². The summed E-state index contributed by atoms with van der Waals surface area (Å²) in [6, 6.07) is 8.51. The first-order valence-electron chi connectivity index (χ1n) is 14.6. The number of amides is 8. The number of hydrogen-bond acceptors (Lipinski definition) is 8. The highest BCUT2D eigenvalue weighted by Crippen LogP contribution is 2.06. The summed E-state index contributed by atoms with van der Waals surface area (Å²) in [7, 11) is 0. The molecule has 0 spiro atoms. The average Bonchev–Trinajstić information content (AvgIpc) is 3.05. The van der Waals surface area contributed by atoms with Crippen LogP contribution in [0, 0.1) is 0 Å². The van der Waals surface area contributed by atoms with Gasteiger partial charge >= 0.3 is 24.0 Å². The Balaban J connectivity index is 1.71. The van der Waals surface area contributed by atoms with Gasteiger partial charge in [-0.3, -0.25) is 28.8 Å². The molecule has 4 aliphatic rings. The van der Waals surface area contributed by atoms with E-state index in [2.05, 4.69) is 42.5 Å². The Hall–Kier alpha value is -6.20. The molecule has 4 heterocycles. The van der Waals surface area contributed by atoms with Gasteiger partial charge in [0.25, 0.3) is 0 Å². The van der Waals surface area contributed by atoms with E-state index in [0.29, 0.717) is 22.3 Å². The summed E-state index contributed by atoms with van der Waals surface area (Å²) in [5.41, 5.74) is 2.59. The number of urea groups is 2.